The molecule has 84 valence electrons. The van der Waals surface area contributed by atoms with Crippen LogP contribution in [0.3, 0.4) is 0 Å². The van der Waals surface area contributed by atoms with Crippen LogP contribution in [0.5, 0.6) is 0 Å². The fraction of sp³-hybridized carbons (Fsp3) is 0.364. The first kappa shape index (κ1) is 10.3. The molecule has 2 aromatic heterocycles. The van der Waals surface area contributed by atoms with Crippen molar-refractivity contribution in [2.24, 2.45) is 0 Å². The van der Waals surface area contributed by atoms with Crippen molar-refractivity contribution in [1.29, 1.82) is 0 Å². The average Bonchev–Trinajstić information content (AvgIpc) is 2.86. The highest BCUT2D eigenvalue weighted by atomic mass is 35.5. The number of aromatic nitrogens is 2. The van der Waals surface area contributed by atoms with Crippen molar-refractivity contribution in [1.82, 2.24) is 9.38 Å². The number of nitrogen functional groups attached to an aromatic ring is 1. The summed E-state index contributed by atoms with van der Waals surface area (Å²) in [6, 6.07) is 3.78. The maximum atomic E-state index is 6.13. The van der Waals surface area contributed by atoms with Crippen LogP contribution in [-0.2, 0) is 0 Å². The van der Waals surface area contributed by atoms with Gasteiger partial charge in [0.25, 0.3) is 0 Å². The van der Waals surface area contributed by atoms with Crippen LogP contribution in [0, 0.1) is 0 Å². The summed E-state index contributed by atoms with van der Waals surface area (Å²) >= 11 is 8.10. The van der Waals surface area contributed by atoms with Crippen LogP contribution in [0.1, 0.15) is 18.2 Å². The lowest BCUT2D eigenvalue weighted by molar-refractivity contribution is 0.714. The van der Waals surface area contributed by atoms with Gasteiger partial charge >= 0.3 is 0 Å². The monoisotopic (exact) mass is 253 g/mol. The van der Waals surface area contributed by atoms with Crippen LogP contribution >= 0.6 is 23.4 Å². The van der Waals surface area contributed by atoms with Crippen LogP contribution in [0.25, 0.3) is 5.52 Å². The topological polar surface area (TPSA) is 43.3 Å². The molecule has 0 aromatic carbocycles. The first-order chi connectivity index (χ1) is 7.75. The minimum atomic E-state index is 0.506. The third-order valence-corrected chi connectivity index (χ3v) is 4.38. The predicted octanol–water partition coefficient (Wildman–Crippen LogP) is 2.79. The van der Waals surface area contributed by atoms with Crippen molar-refractivity contribution in [3.63, 3.8) is 0 Å². The summed E-state index contributed by atoms with van der Waals surface area (Å²) in [5, 5.41) is 0.576. The molecule has 0 bridgehead atoms. The zero-order valence-electron chi connectivity index (χ0n) is 8.69. The fourth-order valence-electron chi connectivity index (χ4n) is 2.11. The summed E-state index contributed by atoms with van der Waals surface area (Å²) in [5.74, 6) is 3.90. The van der Waals surface area contributed by atoms with E-state index in [4.69, 9.17) is 17.3 Å². The molecule has 1 fully saturated rings. The van der Waals surface area contributed by atoms with Gasteiger partial charge in [0.1, 0.15) is 5.82 Å². The first-order valence-electron chi connectivity index (χ1n) is 5.26. The molecule has 3 heterocycles. The van der Waals surface area contributed by atoms with Gasteiger partial charge in [-0.05, 0) is 24.3 Å². The number of fused-ring (bicyclic) bond motifs is 1. The largest absolute Gasteiger partial charge is 0.398 e. The van der Waals surface area contributed by atoms with E-state index in [-0.39, 0.29) is 0 Å². The maximum Gasteiger partial charge on any atom is 0.155 e. The molecular weight excluding hydrogens is 242 g/mol. The van der Waals surface area contributed by atoms with Gasteiger partial charge in [-0.2, -0.15) is 11.8 Å². The second-order valence-corrected chi connectivity index (χ2v) is 5.55. The molecule has 0 radical (unpaired) electrons. The highest BCUT2D eigenvalue weighted by Crippen LogP contribution is 2.34. The minimum Gasteiger partial charge on any atom is -0.398 e. The molecular formula is C11H12ClN3S. The molecule has 1 aliphatic heterocycles. The van der Waals surface area contributed by atoms with Crippen molar-refractivity contribution >= 4 is 34.6 Å². The van der Waals surface area contributed by atoms with Gasteiger partial charge in [0.15, 0.2) is 5.15 Å². The number of halogens is 1. The molecule has 0 saturated carbocycles. The summed E-state index contributed by atoms with van der Waals surface area (Å²) in [5.41, 5.74) is 7.49. The minimum absolute atomic E-state index is 0.506. The van der Waals surface area contributed by atoms with Crippen molar-refractivity contribution in [3.05, 3.63) is 29.3 Å². The van der Waals surface area contributed by atoms with Crippen LogP contribution in [0.2, 0.25) is 5.15 Å². The quantitative estimate of drug-likeness (QED) is 0.850. The first-order valence-corrected chi connectivity index (χ1v) is 6.79. The molecule has 0 amide bonds. The third kappa shape index (κ3) is 1.57. The molecule has 1 saturated heterocycles. The smallest absolute Gasteiger partial charge is 0.155 e. The molecule has 2 aromatic rings. The van der Waals surface area contributed by atoms with Crippen LogP contribution in [0.15, 0.2) is 18.3 Å². The van der Waals surface area contributed by atoms with Gasteiger partial charge in [0.05, 0.1) is 5.52 Å². The number of hydrogen-bond acceptors (Lipinski definition) is 3. The number of nitrogens with zero attached hydrogens (tertiary/aromatic N) is 2. The average molecular weight is 254 g/mol. The van der Waals surface area contributed by atoms with Crippen LogP contribution in [0.4, 0.5) is 5.69 Å². The lowest BCUT2D eigenvalue weighted by Gasteiger charge is -2.07. The number of thioether (sulfide) groups is 1. The molecule has 0 aliphatic carbocycles. The van der Waals surface area contributed by atoms with E-state index in [0.717, 1.165) is 22.8 Å². The summed E-state index contributed by atoms with van der Waals surface area (Å²) < 4.78 is 2.04. The number of imidazole rings is 1. The van der Waals surface area contributed by atoms with Crippen LogP contribution in [-0.4, -0.2) is 20.9 Å². The molecule has 1 aliphatic rings. The molecule has 5 heteroatoms. The Morgan fingerprint density at radius 2 is 2.38 bits per heavy atom. The number of anilines is 1. The van der Waals surface area contributed by atoms with Gasteiger partial charge in [0.2, 0.25) is 0 Å². The molecule has 0 spiro atoms. The van der Waals surface area contributed by atoms with E-state index in [1.807, 2.05) is 34.5 Å². The third-order valence-electron chi connectivity index (χ3n) is 2.94. The molecule has 2 N–H and O–H groups in total. The normalized spacial score (nSPS) is 20.7. The van der Waals surface area contributed by atoms with Crippen molar-refractivity contribution in [2.75, 3.05) is 17.2 Å². The van der Waals surface area contributed by atoms with E-state index in [1.165, 1.54) is 12.2 Å². The predicted molar refractivity (Wildman–Crippen MR) is 69.3 cm³/mol. The summed E-state index contributed by atoms with van der Waals surface area (Å²) in [7, 11) is 0. The van der Waals surface area contributed by atoms with Gasteiger partial charge in [-0.3, -0.25) is 4.40 Å². The maximum absolute atomic E-state index is 6.13. The Kier molecular flexibility index (Phi) is 2.48. The van der Waals surface area contributed by atoms with E-state index in [1.54, 1.807) is 0 Å². The Hall–Kier alpha value is -0.870. The summed E-state index contributed by atoms with van der Waals surface area (Å²) in [6.45, 7) is 0. The van der Waals surface area contributed by atoms with Gasteiger partial charge in [0, 0.05) is 23.6 Å². The Balaban J connectivity index is 2.19. The molecule has 3 nitrogen and oxygen atoms in total. The van der Waals surface area contributed by atoms with Crippen molar-refractivity contribution in [2.45, 2.75) is 12.3 Å². The van der Waals surface area contributed by atoms with Gasteiger partial charge in [-0.25, -0.2) is 4.98 Å². The second kappa shape index (κ2) is 3.86. The van der Waals surface area contributed by atoms with Crippen molar-refractivity contribution in [3.8, 4) is 0 Å². The summed E-state index contributed by atoms with van der Waals surface area (Å²) in [6.07, 6.45) is 3.08. The van der Waals surface area contributed by atoms with E-state index in [9.17, 15) is 0 Å². The number of rotatable bonds is 1. The number of pyridine rings is 1. The van der Waals surface area contributed by atoms with Gasteiger partial charge in [-0.15, -0.1) is 0 Å². The van der Waals surface area contributed by atoms with E-state index < -0.39 is 0 Å². The fourth-order valence-corrected chi connectivity index (χ4v) is 3.57. The highest BCUT2D eigenvalue weighted by molar-refractivity contribution is 7.99. The van der Waals surface area contributed by atoms with E-state index in [0.29, 0.717) is 11.1 Å². The zero-order valence-corrected chi connectivity index (χ0v) is 10.3. The van der Waals surface area contributed by atoms with Crippen molar-refractivity contribution < 1.29 is 0 Å². The zero-order chi connectivity index (χ0) is 11.1. The molecule has 3 rings (SSSR count). The Morgan fingerprint density at radius 1 is 1.50 bits per heavy atom. The van der Waals surface area contributed by atoms with Crippen LogP contribution < -0.4 is 5.73 Å². The number of hydrogen-bond donors (Lipinski definition) is 1. The van der Waals surface area contributed by atoms with Gasteiger partial charge < -0.3 is 5.73 Å². The molecule has 16 heavy (non-hydrogen) atoms. The van der Waals surface area contributed by atoms with E-state index in [2.05, 4.69) is 4.98 Å². The number of nitrogens with two attached hydrogens (primary N) is 1. The lowest BCUT2D eigenvalue weighted by atomic mass is 10.1. The highest BCUT2D eigenvalue weighted by Gasteiger charge is 2.23. The lowest BCUT2D eigenvalue weighted by Crippen LogP contribution is -2.03. The van der Waals surface area contributed by atoms with Gasteiger partial charge in [-0.1, -0.05) is 11.6 Å². The molecule has 1 unspecified atom stereocenters. The van der Waals surface area contributed by atoms with E-state index >= 15 is 0 Å². The second-order valence-electron chi connectivity index (χ2n) is 4.04. The Labute approximate surface area is 103 Å². The standard InChI is InChI=1S/C11H12ClN3S/c12-10-9-2-1-8(13)5-15(9)11(14-10)7-3-4-16-6-7/h1-2,5,7H,3-4,6,13H2. The SMILES string of the molecule is Nc1ccc2c(Cl)nc(C3CCSC3)n2c1. The Bertz CT molecular complexity index is 531. The summed E-state index contributed by atoms with van der Waals surface area (Å²) in [4.78, 5) is 4.47. The molecule has 1 atom stereocenters. The Morgan fingerprint density at radius 3 is 3.12 bits per heavy atom.